The van der Waals surface area contributed by atoms with Crippen LogP contribution in [0.2, 0.25) is 0 Å². The van der Waals surface area contributed by atoms with E-state index in [-0.39, 0.29) is 5.88 Å². The Morgan fingerprint density at radius 3 is 2.46 bits per heavy atom. The van der Waals surface area contributed by atoms with Crippen LogP contribution in [0.25, 0.3) is 0 Å². The van der Waals surface area contributed by atoms with E-state index in [2.05, 4.69) is 0 Å². The summed E-state index contributed by atoms with van der Waals surface area (Å²) in [5.41, 5.74) is 6.57. The predicted molar refractivity (Wildman–Crippen MR) is 52.5 cm³/mol. The highest BCUT2D eigenvalue weighted by Gasteiger charge is 2.18. The molecule has 2 atom stereocenters. The van der Waals surface area contributed by atoms with Crippen LogP contribution in [-0.4, -0.2) is 22.2 Å². The second-order valence-electron chi connectivity index (χ2n) is 2.80. The first-order chi connectivity index (χ1) is 6.16. The molecular formula is C9H12ClNO2. The molecule has 0 saturated carbocycles. The molecule has 1 aromatic carbocycles. The Kier molecular flexibility index (Phi) is 3.54. The van der Waals surface area contributed by atoms with E-state index < -0.39 is 12.2 Å². The van der Waals surface area contributed by atoms with Crippen LogP contribution in [0.15, 0.2) is 24.3 Å². The van der Waals surface area contributed by atoms with Gasteiger partial charge in [0.2, 0.25) is 0 Å². The molecule has 13 heavy (non-hydrogen) atoms. The number of halogens is 1. The number of hydrogen-bond acceptors (Lipinski definition) is 3. The summed E-state index contributed by atoms with van der Waals surface area (Å²) in [6.07, 6.45) is -2.00. The van der Waals surface area contributed by atoms with Gasteiger partial charge in [0.15, 0.2) is 0 Å². The van der Waals surface area contributed by atoms with E-state index >= 15 is 0 Å². The molecular weight excluding hydrogens is 190 g/mol. The van der Waals surface area contributed by atoms with Gasteiger partial charge in [-0.25, -0.2) is 0 Å². The Balaban J connectivity index is 2.88. The average Bonchev–Trinajstić information content (AvgIpc) is 2.16. The van der Waals surface area contributed by atoms with E-state index in [4.69, 9.17) is 17.3 Å². The number of nitrogen functional groups attached to an aromatic ring is 1. The van der Waals surface area contributed by atoms with Crippen LogP contribution < -0.4 is 5.73 Å². The normalized spacial score (nSPS) is 15.3. The Hall–Kier alpha value is -0.770. The second-order valence-corrected chi connectivity index (χ2v) is 3.10. The van der Waals surface area contributed by atoms with E-state index in [1.165, 1.54) is 0 Å². The van der Waals surface area contributed by atoms with Crippen molar-refractivity contribution in [1.29, 1.82) is 0 Å². The molecule has 0 saturated heterocycles. The van der Waals surface area contributed by atoms with Crippen LogP contribution in [0.4, 0.5) is 5.69 Å². The summed E-state index contributed by atoms with van der Waals surface area (Å²) < 4.78 is 0. The third-order valence-electron chi connectivity index (χ3n) is 1.84. The number of rotatable bonds is 3. The van der Waals surface area contributed by atoms with Crippen LogP contribution >= 0.6 is 11.6 Å². The van der Waals surface area contributed by atoms with Gasteiger partial charge in [0.05, 0.1) is 12.0 Å². The Morgan fingerprint density at radius 1 is 1.31 bits per heavy atom. The van der Waals surface area contributed by atoms with Crippen LogP contribution in [0.3, 0.4) is 0 Å². The van der Waals surface area contributed by atoms with E-state index in [9.17, 15) is 10.2 Å². The predicted octanol–water partition coefficient (Wildman–Crippen LogP) is 0.902. The minimum atomic E-state index is -1.02. The summed E-state index contributed by atoms with van der Waals surface area (Å²) in [5.74, 6) is -0.0184. The highest BCUT2D eigenvalue weighted by molar-refractivity contribution is 6.18. The van der Waals surface area contributed by atoms with Crippen molar-refractivity contribution in [2.24, 2.45) is 0 Å². The Labute approximate surface area is 81.8 Å². The van der Waals surface area contributed by atoms with Gasteiger partial charge in [0.25, 0.3) is 0 Å². The van der Waals surface area contributed by atoms with Gasteiger partial charge >= 0.3 is 0 Å². The molecule has 0 bridgehead atoms. The van der Waals surface area contributed by atoms with Crippen molar-refractivity contribution >= 4 is 17.3 Å². The molecule has 4 N–H and O–H groups in total. The van der Waals surface area contributed by atoms with Gasteiger partial charge < -0.3 is 15.9 Å². The molecule has 4 heteroatoms. The molecule has 0 spiro atoms. The van der Waals surface area contributed by atoms with Gasteiger partial charge in [0.1, 0.15) is 6.10 Å². The van der Waals surface area contributed by atoms with Crippen molar-refractivity contribution in [1.82, 2.24) is 0 Å². The number of benzene rings is 1. The molecule has 2 unspecified atom stereocenters. The second kappa shape index (κ2) is 4.46. The summed E-state index contributed by atoms with van der Waals surface area (Å²) in [6.45, 7) is 0. The molecule has 3 nitrogen and oxygen atoms in total. The maximum Gasteiger partial charge on any atom is 0.108 e. The van der Waals surface area contributed by atoms with Gasteiger partial charge in [-0.15, -0.1) is 11.6 Å². The number of hydrogen-bond donors (Lipinski definition) is 3. The van der Waals surface area contributed by atoms with Gasteiger partial charge in [-0.05, 0) is 6.07 Å². The molecule has 72 valence electrons. The van der Waals surface area contributed by atoms with Crippen LogP contribution in [-0.2, 0) is 0 Å². The number of alkyl halides is 1. The first-order valence-electron chi connectivity index (χ1n) is 3.93. The summed E-state index contributed by atoms with van der Waals surface area (Å²) in [6, 6.07) is 6.84. The van der Waals surface area contributed by atoms with Crippen molar-refractivity contribution in [3.8, 4) is 0 Å². The minimum Gasteiger partial charge on any atom is -0.398 e. The molecule has 0 fully saturated rings. The molecule has 0 aromatic heterocycles. The van der Waals surface area contributed by atoms with Crippen LogP contribution in [0, 0.1) is 0 Å². The number of para-hydroxylation sites is 1. The molecule has 1 rings (SSSR count). The van der Waals surface area contributed by atoms with E-state index in [1.54, 1.807) is 24.3 Å². The molecule has 0 heterocycles. The lowest BCUT2D eigenvalue weighted by Gasteiger charge is -2.17. The SMILES string of the molecule is Nc1ccccc1C(O)C(O)CCl. The number of anilines is 1. The highest BCUT2D eigenvalue weighted by Crippen LogP contribution is 2.23. The zero-order valence-corrected chi connectivity index (χ0v) is 7.78. The van der Waals surface area contributed by atoms with Crippen molar-refractivity contribution in [2.45, 2.75) is 12.2 Å². The first-order valence-corrected chi connectivity index (χ1v) is 4.46. The summed E-state index contributed by atoms with van der Waals surface area (Å²) in [5, 5.41) is 18.8. The van der Waals surface area contributed by atoms with Crippen molar-refractivity contribution < 1.29 is 10.2 Å². The minimum absolute atomic E-state index is 0.0184. The Bertz CT molecular complexity index is 280. The molecule has 0 aliphatic carbocycles. The lowest BCUT2D eigenvalue weighted by atomic mass is 10.0. The smallest absolute Gasteiger partial charge is 0.108 e. The summed E-state index contributed by atoms with van der Waals surface area (Å²) >= 11 is 5.40. The third kappa shape index (κ3) is 2.34. The largest absolute Gasteiger partial charge is 0.398 e. The fourth-order valence-electron chi connectivity index (χ4n) is 1.07. The molecule has 0 amide bonds. The topological polar surface area (TPSA) is 66.5 Å². The highest BCUT2D eigenvalue weighted by atomic mass is 35.5. The van der Waals surface area contributed by atoms with E-state index in [0.717, 1.165) is 0 Å². The zero-order valence-electron chi connectivity index (χ0n) is 7.02. The summed E-state index contributed by atoms with van der Waals surface area (Å²) in [7, 11) is 0. The monoisotopic (exact) mass is 201 g/mol. The Morgan fingerprint density at radius 2 is 1.92 bits per heavy atom. The molecule has 0 radical (unpaired) electrons. The standard InChI is InChI=1S/C9H12ClNO2/c10-5-8(12)9(13)6-3-1-2-4-7(6)11/h1-4,8-9,12-13H,5,11H2. The van der Waals surface area contributed by atoms with Crippen molar-refractivity contribution in [3.63, 3.8) is 0 Å². The molecule has 0 aliphatic rings. The van der Waals surface area contributed by atoms with Crippen molar-refractivity contribution in [2.75, 3.05) is 11.6 Å². The zero-order chi connectivity index (χ0) is 9.84. The van der Waals surface area contributed by atoms with Crippen molar-refractivity contribution in [3.05, 3.63) is 29.8 Å². The first kappa shape index (κ1) is 10.3. The fraction of sp³-hybridized carbons (Fsp3) is 0.333. The summed E-state index contributed by atoms with van der Waals surface area (Å²) in [4.78, 5) is 0. The van der Waals surface area contributed by atoms with Gasteiger partial charge in [-0.3, -0.25) is 0 Å². The van der Waals surface area contributed by atoms with E-state index in [0.29, 0.717) is 11.3 Å². The number of aliphatic hydroxyl groups is 2. The quantitative estimate of drug-likeness (QED) is 0.503. The third-order valence-corrected chi connectivity index (χ3v) is 2.15. The lowest BCUT2D eigenvalue weighted by Crippen LogP contribution is -2.20. The lowest BCUT2D eigenvalue weighted by molar-refractivity contribution is 0.0332. The van der Waals surface area contributed by atoms with Gasteiger partial charge in [0, 0.05) is 11.3 Å². The van der Waals surface area contributed by atoms with Crippen LogP contribution in [0.1, 0.15) is 11.7 Å². The maximum absolute atomic E-state index is 9.56. The van der Waals surface area contributed by atoms with Crippen LogP contribution in [0.5, 0.6) is 0 Å². The number of aliphatic hydroxyl groups excluding tert-OH is 2. The fourth-order valence-corrected chi connectivity index (χ4v) is 1.24. The van der Waals surface area contributed by atoms with Gasteiger partial charge in [-0.2, -0.15) is 0 Å². The maximum atomic E-state index is 9.56. The van der Waals surface area contributed by atoms with Gasteiger partial charge in [-0.1, -0.05) is 18.2 Å². The number of nitrogens with two attached hydrogens (primary N) is 1. The molecule has 0 aliphatic heterocycles. The van der Waals surface area contributed by atoms with E-state index in [1.807, 2.05) is 0 Å². The molecule has 1 aromatic rings. The average molecular weight is 202 g/mol.